The van der Waals surface area contributed by atoms with E-state index in [0.717, 1.165) is 17.4 Å². The Hall–Kier alpha value is -5.43. The Balaban J connectivity index is 1.38. The molecule has 5 aromatic rings. The molecule has 0 aliphatic carbocycles. The number of sulfonamides is 1. The number of nitrogens with zero attached hydrogens (tertiary/aromatic N) is 3. The molecule has 4 N–H and O–H groups in total. The smallest absolute Gasteiger partial charge is 0.326 e. The number of methoxy groups -OCH3 is 1. The summed E-state index contributed by atoms with van der Waals surface area (Å²) in [6.45, 7) is 7.96. The molecule has 4 aromatic carbocycles. The van der Waals surface area contributed by atoms with Crippen molar-refractivity contribution in [3.63, 3.8) is 0 Å². The van der Waals surface area contributed by atoms with E-state index in [9.17, 15) is 13.2 Å². The molecule has 0 saturated carbocycles. The van der Waals surface area contributed by atoms with Gasteiger partial charge in [0, 0.05) is 10.8 Å². The molecule has 47 heavy (non-hydrogen) atoms. The van der Waals surface area contributed by atoms with Crippen LogP contribution >= 0.6 is 0 Å². The SMILES string of the molecule is COc1c(NC(=O)Nc2ccc(Oc3ncnc(N[C@H](C)c4ccccc4)n3)c3ccccc23)cc(C(C)(C)C)cc1NS(C)(=O)=O. The molecule has 0 unspecified atom stereocenters. The number of benzene rings is 4. The predicted molar refractivity (Wildman–Crippen MR) is 185 cm³/mol. The van der Waals surface area contributed by atoms with Crippen LogP contribution in [0, 0.1) is 0 Å². The third-order valence-electron chi connectivity index (χ3n) is 7.23. The lowest BCUT2D eigenvalue weighted by molar-refractivity contribution is 0.262. The summed E-state index contributed by atoms with van der Waals surface area (Å²) in [4.78, 5) is 26.2. The molecule has 1 atom stereocenters. The van der Waals surface area contributed by atoms with Gasteiger partial charge >= 0.3 is 12.0 Å². The van der Waals surface area contributed by atoms with E-state index >= 15 is 0 Å². The van der Waals surface area contributed by atoms with E-state index in [2.05, 4.69) is 35.6 Å². The Kier molecular flexibility index (Phi) is 9.47. The van der Waals surface area contributed by atoms with E-state index in [1.807, 2.05) is 82.3 Å². The maximum atomic E-state index is 13.4. The zero-order chi connectivity index (χ0) is 33.8. The number of rotatable bonds is 10. The van der Waals surface area contributed by atoms with Gasteiger partial charge in [-0.15, -0.1) is 0 Å². The summed E-state index contributed by atoms with van der Waals surface area (Å²) >= 11 is 0. The highest BCUT2D eigenvalue weighted by atomic mass is 32.2. The number of hydrogen-bond donors (Lipinski definition) is 4. The standard InChI is InChI=1S/C34H37N7O5S/c1-21(22-12-8-7-9-13-22)37-31-35-20-36-33(40-31)46-29-17-16-26(24-14-10-11-15-25(24)29)38-32(42)39-27-18-23(34(2,3)4)19-28(30(27)45-5)41-47(6,43)44/h7-21,41H,1-6H3,(H2,38,39,42)(H,35,36,37,40)/t21-/m1/s1. The zero-order valence-corrected chi connectivity index (χ0v) is 27.8. The average Bonchev–Trinajstić information content (AvgIpc) is 3.01. The molecule has 244 valence electrons. The van der Waals surface area contributed by atoms with Gasteiger partial charge in [-0.25, -0.2) is 18.2 Å². The van der Waals surface area contributed by atoms with E-state index in [-0.39, 0.29) is 28.9 Å². The van der Waals surface area contributed by atoms with Gasteiger partial charge in [0.25, 0.3) is 0 Å². The first-order chi connectivity index (χ1) is 22.3. The lowest BCUT2D eigenvalue weighted by atomic mass is 9.86. The van der Waals surface area contributed by atoms with E-state index in [0.29, 0.717) is 33.8 Å². The van der Waals surface area contributed by atoms with Gasteiger partial charge in [-0.1, -0.05) is 75.4 Å². The highest BCUT2D eigenvalue weighted by Crippen LogP contribution is 2.39. The summed E-state index contributed by atoms with van der Waals surface area (Å²) in [6.07, 6.45) is 2.43. The number of carbonyl (C=O) groups excluding carboxylic acids is 1. The van der Waals surface area contributed by atoms with E-state index in [1.165, 1.54) is 13.4 Å². The van der Waals surface area contributed by atoms with Crippen molar-refractivity contribution in [2.75, 3.05) is 34.0 Å². The van der Waals surface area contributed by atoms with Gasteiger partial charge in [-0.05, 0) is 47.7 Å². The van der Waals surface area contributed by atoms with Gasteiger partial charge in [0.2, 0.25) is 16.0 Å². The Morgan fingerprint density at radius 3 is 2.19 bits per heavy atom. The average molecular weight is 656 g/mol. The van der Waals surface area contributed by atoms with Crippen LogP contribution in [-0.2, 0) is 15.4 Å². The minimum atomic E-state index is -3.62. The molecule has 5 rings (SSSR count). The molecule has 0 bridgehead atoms. The maximum absolute atomic E-state index is 13.4. The van der Waals surface area contributed by atoms with Gasteiger partial charge in [0.15, 0.2) is 5.75 Å². The number of nitrogens with one attached hydrogen (secondary N) is 4. The third-order valence-corrected chi connectivity index (χ3v) is 7.82. The first-order valence-corrected chi connectivity index (χ1v) is 16.7. The second kappa shape index (κ2) is 13.5. The number of hydrogen-bond acceptors (Lipinski definition) is 9. The van der Waals surface area contributed by atoms with E-state index < -0.39 is 16.1 Å². The molecule has 1 heterocycles. The molecular formula is C34H37N7O5S. The molecule has 12 nitrogen and oxygen atoms in total. The summed E-state index contributed by atoms with van der Waals surface area (Å²) in [7, 11) is -2.22. The first kappa shape index (κ1) is 32.9. The number of ether oxygens (including phenoxy) is 2. The van der Waals surface area contributed by atoms with Crippen molar-refractivity contribution in [1.29, 1.82) is 0 Å². The molecule has 2 amide bonds. The van der Waals surface area contributed by atoms with Crippen molar-refractivity contribution >= 4 is 49.8 Å². The molecule has 0 aliphatic rings. The molecule has 0 saturated heterocycles. The topological polar surface area (TPSA) is 156 Å². The van der Waals surface area contributed by atoms with Gasteiger partial charge in [-0.3, -0.25) is 4.72 Å². The molecule has 13 heteroatoms. The lowest BCUT2D eigenvalue weighted by Crippen LogP contribution is -2.22. The third kappa shape index (κ3) is 8.24. The highest BCUT2D eigenvalue weighted by molar-refractivity contribution is 7.92. The van der Waals surface area contributed by atoms with Crippen molar-refractivity contribution in [2.24, 2.45) is 0 Å². The molecule has 0 spiro atoms. The quantitative estimate of drug-likeness (QED) is 0.121. The second-order valence-electron chi connectivity index (χ2n) is 11.9. The Morgan fingerprint density at radius 1 is 0.851 bits per heavy atom. The summed E-state index contributed by atoms with van der Waals surface area (Å²) in [5.74, 6) is 1.03. The predicted octanol–water partition coefficient (Wildman–Crippen LogP) is 7.31. The van der Waals surface area contributed by atoms with Crippen LogP contribution in [0.3, 0.4) is 0 Å². The highest BCUT2D eigenvalue weighted by Gasteiger charge is 2.22. The summed E-state index contributed by atoms with van der Waals surface area (Å²) in [5, 5.41) is 10.4. The fourth-order valence-corrected chi connectivity index (χ4v) is 5.46. The number of amides is 2. The fraction of sp³-hybridized carbons (Fsp3) is 0.235. The summed E-state index contributed by atoms with van der Waals surface area (Å²) < 4.78 is 38.3. The lowest BCUT2D eigenvalue weighted by Gasteiger charge is -2.24. The zero-order valence-electron chi connectivity index (χ0n) is 27.0. The number of anilines is 4. The Labute approximate surface area is 274 Å². The van der Waals surface area contributed by atoms with Crippen LogP contribution in [-0.4, -0.2) is 42.8 Å². The van der Waals surface area contributed by atoms with Crippen molar-refractivity contribution in [1.82, 2.24) is 15.0 Å². The second-order valence-corrected chi connectivity index (χ2v) is 13.7. The minimum absolute atomic E-state index is 0.0396. The minimum Gasteiger partial charge on any atom is -0.492 e. The summed E-state index contributed by atoms with van der Waals surface area (Å²) in [6, 6.07) is 23.8. The first-order valence-electron chi connectivity index (χ1n) is 14.8. The molecule has 0 fully saturated rings. The van der Waals surface area contributed by atoms with Crippen LogP contribution in [0.1, 0.15) is 44.9 Å². The largest absolute Gasteiger partial charge is 0.492 e. The monoisotopic (exact) mass is 655 g/mol. The number of carbonyl (C=O) groups is 1. The Bertz CT molecular complexity index is 2020. The molecule has 0 aliphatic heterocycles. The fourth-order valence-electron chi connectivity index (χ4n) is 4.91. The normalized spacial score (nSPS) is 12.2. The van der Waals surface area contributed by atoms with Crippen LogP contribution in [0.5, 0.6) is 17.5 Å². The van der Waals surface area contributed by atoms with Crippen molar-refractivity contribution in [3.8, 4) is 17.5 Å². The van der Waals surface area contributed by atoms with Crippen molar-refractivity contribution in [3.05, 3.63) is 96.3 Å². The van der Waals surface area contributed by atoms with Gasteiger partial charge in [0.05, 0.1) is 36.5 Å². The van der Waals surface area contributed by atoms with Crippen LogP contribution in [0.25, 0.3) is 10.8 Å². The van der Waals surface area contributed by atoms with Crippen molar-refractivity contribution in [2.45, 2.75) is 39.2 Å². The number of fused-ring (bicyclic) bond motifs is 1. The van der Waals surface area contributed by atoms with Crippen LogP contribution in [0.2, 0.25) is 0 Å². The summed E-state index contributed by atoms with van der Waals surface area (Å²) in [5.41, 5.74) is 2.55. The van der Waals surface area contributed by atoms with Crippen LogP contribution in [0.15, 0.2) is 85.2 Å². The number of aromatic nitrogens is 3. The van der Waals surface area contributed by atoms with E-state index in [4.69, 9.17) is 9.47 Å². The maximum Gasteiger partial charge on any atom is 0.326 e. The van der Waals surface area contributed by atoms with Gasteiger partial charge in [-0.2, -0.15) is 9.97 Å². The Morgan fingerprint density at radius 2 is 1.51 bits per heavy atom. The molecule has 1 aromatic heterocycles. The molecular weight excluding hydrogens is 618 g/mol. The van der Waals surface area contributed by atoms with Gasteiger partial charge in [0.1, 0.15) is 12.1 Å². The number of urea groups is 1. The van der Waals surface area contributed by atoms with Crippen LogP contribution in [0.4, 0.5) is 27.8 Å². The van der Waals surface area contributed by atoms with Crippen LogP contribution < -0.4 is 30.1 Å². The van der Waals surface area contributed by atoms with Gasteiger partial charge < -0.3 is 25.4 Å². The van der Waals surface area contributed by atoms with Crippen molar-refractivity contribution < 1.29 is 22.7 Å². The molecule has 0 radical (unpaired) electrons. The van der Waals surface area contributed by atoms with E-state index in [1.54, 1.807) is 24.3 Å².